The molecule has 0 aliphatic rings. The number of fused-ring (bicyclic) bond motifs is 1. The van der Waals surface area contributed by atoms with Crippen LogP contribution in [-0.2, 0) is 0 Å². The molecule has 3 rings (SSSR count). The van der Waals surface area contributed by atoms with Crippen LogP contribution < -0.4 is 5.56 Å². The normalized spacial score (nSPS) is 11.0. The number of H-pyrrole nitrogens is 1. The van der Waals surface area contributed by atoms with Gasteiger partial charge in [0.05, 0.1) is 11.8 Å². The average molecular weight is 239 g/mol. The van der Waals surface area contributed by atoms with E-state index in [1.807, 2.05) is 42.8 Å². The number of aromatic nitrogens is 3. The van der Waals surface area contributed by atoms with Gasteiger partial charge in [0.1, 0.15) is 0 Å². The molecule has 0 saturated carbocycles. The number of nitrogens with zero attached hydrogens (tertiary/aromatic N) is 2. The largest absolute Gasteiger partial charge is 0.322 e. The van der Waals surface area contributed by atoms with Gasteiger partial charge in [-0.1, -0.05) is 0 Å². The molecule has 0 spiro atoms. The van der Waals surface area contributed by atoms with Crippen molar-refractivity contribution in [1.82, 2.24) is 14.5 Å². The van der Waals surface area contributed by atoms with Crippen LogP contribution in [0.3, 0.4) is 0 Å². The van der Waals surface area contributed by atoms with Crippen LogP contribution in [0.1, 0.15) is 11.3 Å². The van der Waals surface area contributed by atoms with Crippen molar-refractivity contribution in [1.29, 1.82) is 0 Å². The number of hydrogen-bond donors (Lipinski definition) is 1. The van der Waals surface area contributed by atoms with Gasteiger partial charge in [-0.15, -0.1) is 0 Å². The number of aromatic amines is 1. The van der Waals surface area contributed by atoms with Crippen molar-refractivity contribution in [3.8, 4) is 5.69 Å². The topological polar surface area (TPSA) is 50.7 Å². The highest BCUT2D eigenvalue weighted by atomic mass is 16.1. The van der Waals surface area contributed by atoms with Crippen LogP contribution in [0.5, 0.6) is 0 Å². The molecule has 0 bridgehead atoms. The van der Waals surface area contributed by atoms with Crippen molar-refractivity contribution < 1.29 is 0 Å². The van der Waals surface area contributed by atoms with Gasteiger partial charge in [0.15, 0.2) is 0 Å². The molecule has 0 saturated heterocycles. The SMILES string of the molecule is Cc1cc(-n2cncc2C)cc2ccc(=O)[nH]c12. The van der Waals surface area contributed by atoms with E-state index in [1.165, 1.54) is 0 Å². The monoisotopic (exact) mass is 239 g/mol. The Morgan fingerprint density at radius 3 is 2.78 bits per heavy atom. The summed E-state index contributed by atoms with van der Waals surface area (Å²) in [4.78, 5) is 18.3. The van der Waals surface area contributed by atoms with E-state index in [4.69, 9.17) is 0 Å². The van der Waals surface area contributed by atoms with Gasteiger partial charge in [-0.2, -0.15) is 0 Å². The van der Waals surface area contributed by atoms with Crippen molar-refractivity contribution in [2.24, 2.45) is 0 Å². The van der Waals surface area contributed by atoms with E-state index in [1.54, 1.807) is 12.4 Å². The molecule has 0 fully saturated rings. The van der Waals surface area contributed by atoms with Crippen LogP contribution in [0.25, 0.3) is 16.6 Å². The summed E-state index contributed by atoms with van der Waals surface area (Å²) >= 11 is 0. The molecule has 0 unspecified atom stereocenters. The molecule has 0 amide bonds. The number of benzene rings is 1. The van der Waals surface area contributed by atoms with E-state index in [-0.39, 0.29) is 5.56 Å². The molecule has 1 aromatic carbocycles. The van der Waals surface area contributed by atoms with Gasteiger partial charge in [0.25, 0.3) is 0 Å². The minimum absolute atomic E-state index is 0.0721. The molecule has 2 aromatic heterocycles. The number of pyridine rings is 1. The molecule has 4 nitrogen and oxygen atoms in total. The molecule has 1 N–H and O–H groups in total. The lowest BCUT2D eigenvalue weighted by molar-refractivity contribution is 1.00. The summed E-state index contributed by atoms with van der Waals surface area (Å²) in [6, 6.07) is 7.49. The Morgan fingerprint density at radius 1 is 1.22 bits per heavy atom. The Labute approximate surface area is 104 Å². The Morgan fingerprint density at radius 2 is 2.06 bits per heavy atom. The highest BCUT2D eigenvalue weighted by Gasteiger charge is 2.05. The summed E-state index contributed by atoms with van der Waals surface area (Å²) in [7, 11) is 0. The van der Waals surface area contributed by atoms with Crippen LogP contribution >= 0.6 is 0 Å². The Bertz CT molecular complexity index is 783. The van der Waals surface area contributed by atoms with E-state index in [0.29, 0.717) is 0 Å². The zero-order valence-electron chi connectivity index (χ0n) is 10.3. The fourth-order valence-electron chi connectivity index (χ4n) is 2.20. The van der Waals surface area contributed by atoms with Crippen LogP contribution in [0.15, 0.2) is 41.6 Å². The molecular formula is C14H13N3O. The predicted molar refractivity (Wildman–Crippen MR) is 71.2 cm³/mol. The predicted octanol–water partition coefficient (Wildman–Crippen LogP) is 2.33. The van der Waals surface area contributed by atoms with E-state index in [0.717, 1.165) is 27.8 Å². The Hall–Kier alpha value is -2.36. The van der Waals surface area contributed by atoms with Gasteiger partial charge in [-0.05, 0) is 37.6 Å². The maximum atomic E-state index is 11.3. The quantitative estimate of drug-likeness (QED) is 0.708. The van der Waals surface area contributed by atoms with Gasteiger partial charge in [0, 0.05) is 29.0 Å². The summed E-state index contributed by atoms with van der Waals surface area (Å²) < 4.78 is 2.03. The van der Waals surface area contributed by atoms with Crippen LogP contribution in [0.2, 0.25) is 0 Å². The fourth-order valence-corrected chi connectivity index (χ4v) is 2.20. The smallest absolute Gasteiger partial charge is 0.248 e. The lowest BCUT2D eigenvalue weighted by Gasteiger charge is -2.09. The average Bonchev–Trinajstić information content (AvgIpc) is 2.76. The zero-order chi connectivity index (χ0) is 12.7. The Balaban J connectivity index is 2.31. The first-order valence-electron chi connectivity index (χ1n) is 5.78. The number of nitrogens with one attached hydrogen (secondary N) is 1. The van der Waals surface area contributed by atoms with Gasteiger partial charge in [-0.25, -0.2) is 4.98 Å². The summed E-state index contributed by atoms with van der Waals surface area (Å²) in [6.07, 6.45) is 3.62. The number of hydrogen-bond acceptors (Lipinski definition) is 2. The van der Waals surface area contributed by atoms with E-state index >= 15 is 0 Å². The van der Waals surface area contributed by atoms with Crippen molar-refractivity contribution in [2.75, 3.05) is 0 Å². The Kier molecular flexibility index (Phi) is 2.30. The minimum atomic E-state index is -0.0721. The molecule has 3 aromatic rings. The molecule has 0 aliphatic carbocycles. The van der Waals surface area contributed by atoms with Crippen LogP contribution in [0, 0.1) is 13.8 Å². The van der Waals surface area contributed by atoms with Gasteiger partial charge >= 0.3 is 0 Å². The van der Waals surface area contributed by atoms with Crippen molar-refractivity contribution in [3.63, 3.8) is 0 Å². The lowest BCUT2D eigenvalue weighted by Crippen LogP contribution is -2.04. The highest BCUT2D eigenvalue weighted by Crippen LogP contribution is 2.20. The minimum Gasteiger partial charge on any atom is -0.322 e. The second-order valence-electron chi connectivity index (χ2n) is 4.45. The summed E-state index contributed by atoms with van der Waals surface area (Å²) in [5, 5.41) is 1.03. The second-order valence-corrected chi connectivity index (χ2v) is 4.45. The molecular weight excluding hydrogens is 226 g/mol. The second kappa shape index (κ2) is 3.84. The first-order chi connectivity index (χ1) is 8.65. The van der Waals surface area contributed by atoms with E-state index in [2.05, 4.69) is 9.97 Å². The third kappa shape index (κ3) is 1.62. The lowest BCUT2D eigenvalue weighted by atomic mass is 10.1. The van der Waals surface area contributed by atoms with Crippen molar-refractivity contribution in [2.45, 2.75) is 13.8 Å². The summed E-state index contributed by atoms with van der Waals surface area (Å²) in [5.74, 6) is 0. The zero-order valence-corrected chi connectivity index (χ0v) is 10.3. The third-order valence-electron chi connectivity index (χ3n) is 3.11. The fraction of sp³-hybridized carbons (Fsp3) is 0.143. The molecule has 0 radical (unpaired) electrons. The van der Waals surface area contributed by atoms with Crippen molar-refractivity contribution in [3.05, 3.63) is 58.4 Å². The van der Waals surface area contributed by atoms with E-state index < -0.39 is 0 Å². The maximum absolute atomic E-state index is 11.3. The molecule has 2 heterocycles. The van der Waals surface area contributed by atoms with Crippen LogP contribution in [-0.4, -0.2) is 14.5 Å². The summed E-state index contributed by atoms with van der Waals surface area (Å²) in [5.41, 5.74) is 4.01. The summed E-state index contributed by atoms with van der Waals surface area (Å²) in [6.45, 7) is 4.01. The molecule has 0 atom stereocenters. The van der Waals surface area contributed by atoms with E-state index in [9.17, 15) is 4.79 Å². The first-order valence-corrected chi connectivity index (χ1v) is 5.78. The molecule has 4 heteroatoms. The van der Waals surface area contributed by atoms with Crippen LogP contribution in [0.4, 0.5) is 0 Å². The standard InChI is InChI=1S/C14H13N3O/c1-9-5-12(17-8-15-7-10(17)2)6-11-3-4-13(18)16-14(9)11/h3-8H,1-2H3,(H,16,18). The number of imidazole rings is 1. The maximum Gasteiger partial charge on any atom is 0.248 e. The molecule has 90 valence electrons. The number of rotatable bonds is 1. The van der Waals surface area contributed by atoms with Gasteiger partial charge < -0.3 is 9.55 Å². The van der Waals surface area contributed by atoms with Gasteiger partial charge in [0.2, 0.25) is 5.56 Å². The van der Waals surface area contributed by atoms with Crippen molar-refractivity contribution >= 4 is 10.9 Å². The van der Waals surface area contributed by atoms with Gasteiger partial charge in [-0.3, -0.25) is 4.79 Å². The molecule has 18 heavy (non-hydrogen) atoms. The number of aryl methyl sites for hydroxylation is 2. The third-order valence-corrected chi connectivity index (χ3v) is 3.11. The first kappa shape index (κ1) is 10.8. The molecule has 0 aliphatic heterocycles. The highest BCUT2D eigenvalue weighted by molar-refractivity contribution is 5.83.